The number of anilines is 2. The molecule has 0 bridgehead atoms. The minimum atomic E-state index is -3.51. The lowest BCUT2D eigenvalue weighted by Crippen LogP contribution is -2.37. The molecule has 43 heavy (non-hydrogen) atoms. The van der Waals surface area contributed by atoms with Crippen molar-refractivity contribution in [2.75, 3.05) is 36.1 Å². The Morgan fingerprint density at radius 3 is 2.53 bits per heavy atom. The maximum Gasteiger partial charge on any atom is 0.246 e. The zero-order valence-corrected chi connectivity index (χ0v) is 25.2. The van der Waals surface area contributed by atoms with E-state index in [1.54, 1.807) is 0 Å². The molecule has 1 aliphatic rings. The van der Waals surface area contributed by atoms with Gasteiger partial charge in [-0.25, -0.2) is 13.4 Å². The summed E-state index contributed by atoms with van der Waals surface area (Å²) in [5.74, 6) is -0.309. The molecule has 0 aliphatic carbocycles. The van der Waals surface area contributed by atoms with Crippen LogP contribution in [0.15, 0.2) is 72.4 Å². The Labute approximate surface area is 254 Å². The van der Waals surface area contributed by atoms with Crippen LogP contribution in [0.5, 0.6) is 0 Å². The predicted octanol–water partition coefficient (Wildman–Crippen LogP) is 3.30. The van der Waals surface area contributed by atoms with Crippen LogP contribution < -0.4 is 20.9 Å². The summed E-state index contributed by atoms with van der Waals surface area (Å²) in [6, 6.07) is 17.4. The molecule has 0 atom stereocenters. The van der Waals surface area contributed by atoms with Crippen molar-refractivity contribution in [3.8, 4) is 22.4 Å². The summed E-state index contributed by atoms with van der Waals surface area (Å²) in [7, 11) is -3.51. The molecular weight excluding hydrogens is 589 g/mol. The Morgan fingerprint density at radius 1 is 1.09 bits per heavy atom. The van der Waals surface area contributed by atoms with Crippen LogP contribution in [0.1, 0.15) is 18.4 Å². The Hall–Kier alpha value is -4.33. The second-order valence-corrected chi connectivity index (χ2v) is 13.1. The van der Waals surface area contributed by atoms with Crippen molar-refractivity contribution >= 4 is 50.4 Å². The first-order valence-electron chi connectivity index (χ1n) is 13.7. The molecule has 4 aromatic rings. The summed E-state index contributed by atoms with van der Waals surface area (Å²) >= 11 is 1.26. The van der Waals surface area contributed by atoms with E-state index in [1.807, 2.05) is 47.8 Å². The van der Waals surface area contributed by atoms with Crippen molar-refractivity contribution in [3.05, 3.63) is 77.9 Å². The molecule has 0 saturated carbocycles. The van der Waals surface area contributed by atoms with Gasteiger partial charge in [-0.1, -0.05) is 36.4 Å². The van der Waals surface area contributed by atoms with Gasteiger partial charge in [0.15, 0.2) is 5.13 Å². The summed E-state index contributed by atoms with van der Waals surface area (Å²) in [6.45, 7) is 1.91. The number of amides is 3. The van der Waals surface area contributed by atoms with Crippen molar-refractivity contribution in [2.45, 2.75) is 19.4 Å². The number of carbonyl (C=O) groups excluding carboxylic acids is 3. The van der Waals surface area contributed by atoms with E-state index in [4.69, 9.17) is 0 Å². The van der Waals surface area contributed by atoms with Gasteiger partial charge in [0.1, 0.15) is 6.54 Å². The number of thiazole rings is 1. The second kappa shape index (κ2) is 13.3. The average molecular weight is 621 g/mol. The lowest BCUT2D eigenvalue weighted by molar-refractivity contribution is -0.126. The summed E-state index contributed by atoms with van der Waals surface area (Å²) in [6.07, 6.45) is 5.81. The van der Waals surface area contributed by atoms with Gasteiger partial charge in [0.05, 0.1) is 17.6 Å². The standard InChI is InChI=1S/C30H32N6O5S2/c1-43(40,41)36-13-10-26(17-36)35(20-37)18-28(38)34-30-33-27(19-42-30)25-7-3-6-24(15-25)23-5-2-4-21(14-23)16-32-29(39)22-8-11-31-12-9-22/h2-7,10,13-15,17,19-20,22,31H,8-9,11-12,16,18H2,1H3,(H,32,39)(H,33,34,38). The zero-order valence-electron chi connectivity index (χ0n) is 23.5. The summed E-state index contributed by atoms with van der Waals surface area (Å²) in [5.41, 5.74) is 4.85. The van der Waals surface area contributed by atoms with Gasteiger partial charge in [-0.2, -0.15) is 0 Å². The molecule has 0 unspecified atom stereocenters. The number of nitrogens with zero attached hydrogens (tertiary/aromatic N) is 3. The molecule has 2 aromatic heterocycles. The van der Waals surface area contributed by atoms with Gasteiger partial charge in [0.2, 0.25) is 28.2 Å². The van der Waals surface area contributed by atoms with Crippen molar-refractivity contribution < 1.29 is 22.8 Å². The fourth-order valence-electron chi connectivity index (χ4n) is 4.85. The highest BCUT2D eigenvalue weighted by molar-refractivity contribution is 7.89. The predicted molar refractivity (Wildman–Crippen MR) is 167 cm³/mol. The lowest BCUT2D eigenvalue weighted by Gasteiger charge is -2.21. The molecule has 3 N–H and O–H groups in total. The zero-order chi connectivity index (χ0) is 30.4. The first kappa shape index (κ1) is 30.1. The third kappa shape index (κ3) is 7.74. The van der Waals surface area contributed by atoms with Crippen molar-refractivity contribution in [3.63, 3.8) is 0 Å². The number of benzene rings is 2. The van der Waals surface area contributed by atoms with E-state index in [2.05, 4.69) is 27.0 Å². The fraction of sp³-hybridized carbons (Fsp3) is 0.267. The maximum atomic E-state index is 12.7. The van der Waals surface area contributed by atoms with E-state index >= 15 is 0 Å². The van der Waals surface area contributed by atoms with E-state index in [0.29, 0.717) is 23.8 Å². The van der Waals surface area contributed by atoms with E-state index in [-0.39, 0.29) is 24.1 Å². The van der Waals surface area contributed by atoms with Gasteiger partial charge in [-0.05, 0) is 60.8 Å². The highest BCUT2D eigenvalue weighted by Crippen LogP contribution is 2.29. The number of hydrogen-bond acceptors (Lipinski definition) is 8. The Kier molecular flexibility index (Phi) is 9.34. The molecule has 2 aromatic carbocycles. The molecule has 224 valence electrons. The van der Waals surface area contributed by atoms with Crippen molar-refractivity contribution in [1.29, 1.82) is 0 Å². The molecule has 11 nitrogen and oxygen atoms in total. The number of aromatic nitrogens is 2. The van der Waals surface area contributed by atoms with E-state index in [9.17, 15) is 22.8 Å². The molecule has 5 rings (SSSR count). The van der Waals surface area contributed by atoms with Crippen LogP contribution in [0.4, 0.5) is 10.8 Å². The SMILES string of the molecule is CS(=O)(=O)n1ccc(N(C=O)CC(=O)Nc2nc(-c3cccc(-c4cccc(CNC(=O)C5CCNCC5)c4)c3)cs2)c1. The summed E-state index contributed by atoms with van der Waals surface area (Å²) < 4.78 is 24.4. The van der Waals surface area contributed by atoms with E-state index in [0.717, 1.165) is 63.3 Å². The fourth-order valence-corrected chi connectivity index (χ4v) is 6.16. The smallest absolute Gasteiger partial charge is 0.246 e. The van der Waals surface area contributed by atoms with Crippen molar-refractivity contribution in [2.24, 2.45) is 5.92 Å². The van der Waals surface area contributed by atoms with Gasteiger partial charge >= 0.3 is 0 Å². The molecule has 3 heterocycles. The van der Waals surface area contributed by atoms with Gasteiger partial charge in [-0.15, -0.1) is 11.3 Å². The van der Waals surface area contributed by atoms with Crippen LogP contribution in [0.25, 0.3) is 22.4 Å². The van der Waals surface area contributed by atoms with E-state index < -0.39 is 15.9 Å². The molecule has 1 fully saturated rings. The largest absolute Gasteiger partial charge is 0.352 e. The highest BCUT2D eigenvalue weighted by Gasteiger charge is 2.20. The first-order valence-corrected chi connectivity index (χ1v) is 16.5. The second-order valence-electron chi connectivity index (χ2n) is 10.3. The Balaban J connectivity index is 1.21. The minimum absolute atomic E-state index is 0.0626. The quantitative estimate of drug-likeness (QED) is 0.219. The molecule has 0 spiro atoms. The Bertz CT molecular complexity index is 1730. The van der Waals surface area contributed by atoms with Gasteiger partial charge in [0.25, 0.3) is 0 Å². The monoisotopic (exact) mass is 620 g/mol. The van der Waals surface area contributed by atoms with Gasteiger partial charge in [-0.3, -0.25) is 18.4 Å². The van der Waals surface area contributed by atoms with Crippen LogP contribution in [-0.4, -0.2) is 61.5 Å². The average Bonchev–Trinajstić information content (AvgIpc) is 3.70. The third-order valence-electron chi connectivity index (χ3n) is 7.15. The molecule has 3 amide bonds. The number of rotatable bonds is 11. The Morgan fingerprint density at radius 2 is 1.81 bits per heavy atom. The van der Waals surface area contributed by atoms with Gasteiger partial charge in [0, 0.05) is 35.8 Å². The number of piperidine rings is 1. The van der Waals surface area contributed by atoms with Crippen LogP contribution in [0.3, 0.4) is 0 Å². The van der Waals surface area contributed by atoms with Crippen LogP contribution in [-0.2, 0) is 31.0 Å². The number of carbonyl (C=O) groups is 3. The first-order chi connectivity index (χ1) is 20.7. The minimum Gasteiger partial charge on any atom is -0.352 e. The molecule has 13 heteroatoms. The summed E-state index contributed by atoms with van der Waals surface area (Å²) in [5, 5.41) is 11.3. The van der Waals surface area contributed by atoms with Crippen LogP contribution in [0, 0.1) is 5.92 Å². The normalized spacial score (nSPS) is 13.8. The van der Waals surface area contributed by atoms with E-state index in [1.165, 1.54) is 29.8 Å². The lowest BCUT2D eigenvalue weighted by atomic mass is 9.97. The molecule has 1 saturated heterocycles. The number of hydrogen-bond donors (Lipinski definition) is 3. The molecule has 0 radical (unpaired) electrons. The van der Waals surface area contributed by atoms with Gasteiger partial charge < -0.3 is 20.9 Å². The molecule has 1 aliphatic heterocycles. The van der Waals surface area contributed by atoms with Crippen LogP contribution in [0.2, 0.25) is 0 Å². The number of nitrogens with one attached hydrogen (secondary N) is 3. The van der Waals surface area contributed by atoms with Crippen LogP contribution >= 0.6 is 11.3 Å². The van der Waals surface area contributed by atoms with Crippen molar-refractivity contribution in [1.82, 2.24) is 19.6 Å². The summed E-state index contributed by atoms with van der Waals surface area (Å²) in [4.78, 5) is 42.5. The molecular formula is C30H32N6O5S2. The topological polar surface area (TPSA) is 142 Å². The maximum absolute atomic E-state index is 12.7. The highest BCUT2D eigenvalue weighted by atomic mass is 32.2. The third-order valence-corrected chi connectivity index (χ3v) is 8.90.